The summed E-state index contributed by atoms with van der Waals surface area (Å²) in [5, 5.41) is 0. The SMILES string of the molecule is COC1=C(OC)CC=CC(Oc2ccc(C(=O)N(C(C)C)C3CCCCC3)cc2)=C1. The molecule has 0 heterocycles. The second-order valence-electron chi connectivity index (χ2n) is 8.07. The van der Waals surface area contributed by atoms with E-state index in [1.54, 1.807) is 14.2 Å². The lowest BCUT2D eigenvalue weighted by atomic mass is 9.93. The second-order valence-corrected chi connectivity index (χ2v) is 8.07. The highest BCUT2D eigenvalue weighted by molar-refractivity contribution is 5.94. The lowest BCUT2D eigenvalue weighted by molar-refractivity contribution is 0.0555. The zero-order valence-corrected chi connectivity index (χ0v) is 18.5. The Labute approximate surface area is 180 Å². The average molecular weight is 412 g/mol. The van der Waals surface area contributed by atoms with Crippen LogP contribution < -0.4 is 4.74 Å². The minimum atomic E-state index is 0.103. The van der Waals surface area contributed by atoms with Crippen LogP contribution >= 0.6 is 0 Å². The lowest BCUT2D eigenvalue weighted by Gasteiger charge is -2.37. The van der Waals surface area contributed by atoms with Crippen molar-refractivity contribution in [2.75, 3.05) is 14.2 Å². The van der Waals surface area contributed by atoms with E-state index in [-0.39, 0.29) is 11.9 Å². The molecule has 0 N–H and O–H groups in total. The number of carbonyl (C=O) groups excluding carboxylic acids is 1. The Kier molecular flexibility index (Phi) is 7.61. The van der Waals surface area contributed by atoms with Crippen molar-refractivity contribution in [1.82, 2.24) is 4.90 Å². The molecule has 162 valence electrons. The van der Waals surface area contributed by atoms with Gasteiger partial charge in [-0.1, -0.05) is 25.3 Å². The molecule has 5 heteroatoms. The number of allylic oxidation sites excluding steroid dienone is 3. The third-order valence-electron chi connectivity index (χ3n) is 5.70. The third-order valence-corrected chi connectivity index (χ3v) is 5.70. The number of amides is 1. The molecule has 1 amide bonds. The van der Waals surface area contributed by atoms with Crippen molar-refractivity contribution < 1.29 is 19.0 Å². The summed E-state index contributed by atoms with van der Waals surface area (Å²) < 4.78 is 16.8. The van der Waals surface area contributed by atoms with Gasteiger partial charge in [0.15, 0.2) is 5.76 Å². The fourth-order valence-electron chi connectivity index (χ4n) is 4.19. The first-order chi connectivity index (χ1) is 14.5. The summed E-state index contributed by atoms with van der Waals surface area (Å²) in [6.07, 6.45) is 12.2. The van der Waals surface area contributed by atoms with Crippen LogP contribution in [0.5, 0.6) is 5.75 Å². The van der Waals surface area contributed by atoms with Crippen molar-refractivity contribution in [2.24, 2.45) is 0 Å². The molecule has 0 radical (unpaired) electrons. The van der Waals surface area contributed by atoms with Crippen molar-refractivity contribution in [3.8, 4) is 5.75 Å². The van der Waals surface area contributed by atoms with Crippen molar-refractivity contribution in [3.63, 3.8) is 0 Å². The van der Waals surface area contributed by atoms with E-state index < -0.39 is 0 Å². The smallest absolute Gasteiger partial charge is 0.254 e. The van der Waals surface area contributed by atoms with Crippen LogP contribution in [-0.4, -0.2) is 37.1 Å². The number of hydrogen-bond donors (Lipinski definition) is 0. The molecular weight excluding hydrogens is 378 g/mol. The van der Waals surface area contributed by atoms with Gasteiger partial charge in [-0.15, -0.1) is 0 Å². The molecule has 1 fully saturated rings. The summed E-state index contributed by atoms with van der Waals surface area (Å²) >= 11 is 0. The van der Waals surface area contributed by atoms with E-state index in [9.17, 15) is 4.79 Å². The number of hydrogen-bond acceptors (Lipinski definition) is 4. The van der Waals surface area contributed by atoms with Crippen molar-refractivity contribution in [2.45, 2.75) is 64.5 Å². The first-order valence-electron chi connectivity index (χ1n) is 10.8. The van der Waals surface area contributed by atoms with Crippen LogP contribution in [0.3, 0.4) is 0 Å². The minimum absolute atomic E-state index is 0.103. The highest BCUT2D eigenvalue weighted by Crippen LogP contribution is 2.27. The highest BCUT2D eigenvalue weighted by atomic mass is 16.5. The largest absolute Gasteiger partial charge is 0.497 e. The zero-order chi connectivity index (χ0) is 21.5. The van der Waals surface area contributed by atoms with Crippen LogP contribution in [0, 0.1) is 0 Å². The minimum Gasteiger partial charge on any atom is -0.497 e. The maximum Gasteiger partial charge on any atom is 0.254 e. The molecule has 2 aliphatic rings. The van der Waals surface area contributed by atoms with Gasteiger partial charge in [0.25, 0.3) is 5.91 Å². The normalized spacial score (nSPS) is 17.4. The quantitative estimate of drug-likeness (QED) is 0.586. The molecule has 1 saturated carbocycles. The molecule has 1 aromatic rings. The number of rotatable bonds is 7. The van der Waals surface area contributed by atoms with E-state index in [1.165, 1.54) is 19.3 Å². The summed E-state index contributed by atoms with van der Waals surface area (Å²) in [7, 11) is 3.24. The van der Waals surface area contributed by atoms with E-state index in [4.69, 9.17) is 14.2 Å². The van der Waals surface area contributed by atoms with Gasteiger partial charge in [0.2, 0.25) is 0 Å². The Hall–Kier alpha value is -2.69. The second kappa shape index (κ2) is 10.4. The van der Waals surface area contributed by atoms with Gasteiger partial charge in [0.05, 0.1) is 14.2 Å². The van der Waals surface area contributed by atoms with Gasteiger partial charge < -0.3 is 19.1 Å². The average Bonchev–Trinajstić information content (AvgIpc) is 2.96. The molecule has 0 unspecified atom stereocenters. The summed E-state index contributed by atoms with van der Waals surface area (Å²) in [5.41, 5.74) is 0.700. The molecule has 3 rings (SSSR count). The van der Waals surface area contributed by atoms with Gasteiger partial charge in [-0.05, 0) is 57.0 Å². The molecule has 0 bridgehead atoms. The molecule has 1 aromatic carbocycles. The maximum absolute atomic E-state index is 13.2. The number of carbonyl (C=O) groups is 1. The zero-order valence-electron chi connectivity index (χ0n) is 18.5. The Morgan fingerprint density at radius 2 is 1.73 bits per heavy atom. The van der Waals surface area contributed by atoms with Crippen molar-refractivity contribution in [1.29, 1.82) is 0 Å². The lowest BCUT2D eigenvalue weighted by Crippen LogP contribution is -2.45. The number of methoxy groups -OCH3 is 2. The van der Waals surface area contributed by atoms with Gasteiger partial charge in [0.1, 0.15) is 17.3 Å². The van der Waals surface area contributed by atoms with Crippen molar-refractivity contribution >= 4 is 5.91 Å². The Balaban J connectivity index is 1.73. The molecule has 0 atom stereocenters. The topological polar surface area (TPSA) is 48.0 Å². The first kappa shape index (κ1) is 22.0. The number of benzene rings is 1. The fraction of sp³-hybridized carbons (Fsp3) is 0.480. The standard InChI is InChI=1S/C25H33NO4/c1-18(2)26(20-9-6-5-7-10-20)25(27)19-13-15-21(16-14-19)30-22-11-8-12-23(28-3)24(17-22)29-4/h8,11,13-18,20H,5-7,9-10,12H2,1-4H3. The molecule has 0 spiro atoms. The van der Waals surface area contributed by atoms with Crippen LogP contribution in [0.1, 0.15) is 62.7 Å². The molecule has 0 aliphatic heterocycles. The van der Waals surface area contributed by atoms with Crippen LogP contribution in [0.4, 0.5) is 0 Å². The Morgan fingerprint density at radius 1 is 1.03 bits per heavy atom. The molecular formula is C25H33NO4. The molecule has 0 aromatic heterocycles. The fourth-order valence-corrected chi connectivity index (χ4v) is 4.19. The van der Waals surface area contributed by atoms with E-state index in [0.29, 0.717) is 35.3 Å². The molecule has 2 aliphatic carbocycles. The van der Waals surface area contributed by atoms with Gasteiger partial charge in [-0.3, -0.25) is 4.79 Å². The van der Waals surface area contributed by atoms with Gasteiger partial charge in [0, 0.05) is 30.1 Å². The van der Waals surface area contributed by atoms with E-state index in [1.807, 2.05) is 42.5 Å². The first-order valence-corrected chi connectivity index (χ1v) is 10.8. The summed E-state index contributed by atoms with van der Waals surface area (Å²) in [6.45, 7) is 4.20. The summed E-state index contributed by atoms with van der Waals surface area (Å²) in [5.74, 6) is 2.83. The maximum atomic E-state index is 13.2. The van der Waals surface area contributed by atoms with E-state index in [2.05, 4.69) is 18.7 Å². The van der Waals surface area contributed by atoms with Gasteiger partial charge >= 0.3 is 0 Å². The van der Waals surface area contributed by atoms with Crippen molar-refractivity contribution in [3.05, 3.63) is 65.3 Å². The van der Waals surface area contributed by atoms with Crippen LogP contribution in [-0.2, 0) is 9.47 Å². The summed E-state index contributed by atoms with van der Waals surface area (Å²) in [4.78, 5) is 15.3. The summed E-state index contributed by atoms with van der Waals surface area (Å²) in [6, 6.07) is 7.93. The predicted octanol–water partition coefficient (Wildman–Crippen LogP) is 5.60. The monoisotopic (exact) mass is 411 g/mol. The molecule has 5 nitrogen and oxygen atoms in total. The third kappa shape index (κ3) is 5.26. The number of ether oxygens (including phenoxy) is 3. The van der Waals surface area contributed by atoms with Crippen LogP contribution in [0.2, 0.25) is 0 Å². The van der Waals surface area contributed by atoms with Crippen LogP contribution in [0.15, 0.2) is 59.8 Å². The molecule has 0 saturated heterocycles. The predicted molar refractivity (Wildman–Crippen MR) is 118 cm³/mol. The molecule has 30 heavy (non-hydrogen) atoms. The number of nitrogens with zero attached hydrogens (tertiary/aromatic N) is 1. The highest BCUT2D eigenvalue weighted by Gasteiger charge is 2.28. The van der Waals surface area contributed by atoms with E-state index >= 15 is 0 Å². The Bertz CT molecular complexity index is 814. The van der Waals surface area contributed by atoms with Gasteiger partial charge in [-0.25, -0.2) is 0 Å². The van der Waals surface area contributed by atoms with Crippen LogP contribution in [0.25, 0.3) is 0 Å². The Morgan fingerprint density at radius 3 is 2.33 bits per heavy atom. The van der Waals surface area contributed by atoms with Gasteiger partial charge in [-0.2, -0.15) is 0 Å². The van der Waals surface area contributed by atoms with E-state index in [0.717, 1.165) is 18.6 Å².